The maximum Gasteiger partial charge on any atom is 0.0992 e. The Balaban J connectivity index is 3.11. The molecule has 0 aliphatic rings. The molecule has 1 heterocycles. The number of aryl methyl sites for hydroxylation is 1. The van der Waals surface area contributed by atoms with E-state index >= 15 is 0 Å². The first kappa shape index (κ1) is 6.80. The molecule has 0 fully saturated rings. The van der Waals surface area contributed by atoms with Crippen LogP contribution in [0.1, 0.15) is 5.69 Å². The Morgan fingerprint density at radius 2 is 2.56 bits per heavy atom. The van der Waals surface area contributed by atoms with Crippen molar-refractivity contribution in [2.75, 3.05) is 0 Å². The molecular weight excluding hydrogens is 227 g/mol. The largest absolute Gasteiger partial charge is 0.262 e. The van der Waals surface area contributed by atoms with Crippen LogP contribution in [-0.2, 0) is 7.05 Å². The minimum absolute atomic E-state index is 0.932. The van der Waals surface area contributed by atoms with E-state index in [0.717, 1.165) is 9.39 Å². The van der Waals surface area contributed by atoms with Crippen LogP contribution in [0.3, 0.4) is 0 Å². The second kappa shape index (κ2) is 2.51. The van der Waals surface area contributed by atoms with Crippen molar-refractivity contribution in [3.63, 3.8) is 0 Å². The maximum absolute atomic E-state index is 4.12. The third-order valence-corrected chi connectivity index (χ3v) is 2.06. The van der Waals surface area contributed by atoms with E-state index in [4.69, 9.17) is 0 Å². The highest BCUT2D eigenvalue weighted by Gasteiger charge is 1.95. The van der Waals surface area contributed by atoms with Crippen molar-refractivity contribution in [3.8, 4) is 0 Å². The Hall–Kier alpha value is -0.320. The second-order valence-electron chi connectivity index (χ2n) is 1.72. The minimum Gasteiger partial charge on any atom is -0.262 e. The molecule has 0 unspecified atom stereocenters. The van der Waals surface area contributed by atoms with Crippen LogP contribution in [0.2, 0.25) is 0 Å². The highest BCUT2D eigenvalue weighted by molar-refractivity contribution is 14.1. The average molecular weight is 234 g/mol. The van der Waals surface area contributed by atoms with Gasteiger partial charge < -0.3 is 0 Å². The Bertz CT molecular complexity index is 207. The lowest BCUT2D eigenvalue weighted by Crippen LogP contribution is -1.91. The van der Waals surface area contributed by atoms with Crippen LogP contribution < -0.4 is 0 Å². The van der Waals surface area contributed by atoms with Gasteiger partial charge in [0.05, 0.1) is 9.39 Å². The van der Waals surface area contributed by atoms with Crippen LogP contribution >= 0.6 is 22.6 Å². The molecule has 0 saturated carbocycles. The van der Waals surface area contributed by atoms with Crippen molar-refractivity contribution < 1.29 is 0 Å². The van der Waals surface area contributed by atoms with Crippen molar-refractivity contribution in [1.29, 1.82) is 0 Å². The zero-order valence-electron chi connectivity index (χ0n) is 5.13. The minimum atomic E-state index is 0.932. The molecule has 0 aliphatic carbocycles. The van der Waals surface area contributed by atoms with Gasteiger partial charge in [0.2, 0.25) is 0 Å². The van der Waals surface area contributed by atoms with Crippen molar-refractivity contribution in [1.82, 2.24) is 9.78 Å². The summed E-state index contributed by atoms with van der Waals surface area (Å²) in [6, 6.07) is 1.98. The molecule has 0 spiro atoms. The van der Waals surface area contributed by atoms with E-state index in [1.54, 1.807) is 6.08 Å². The van der Waals surface area contributed by atoms with Crippen LogP contribution in [0.15, 0.2) is 12.6 Å². The maximum atomic E-state index is 4.12. The van der Waals surface area contributed by atoms with E-state index in [9.17, 15) is 0 Å². The predicted octanol–water partition coefficient (Wildman–Crippen LogP) is 1.67. The topological polar surface area (TPSA) is 17.8 Å². The van der Waals surface area contributed by atoms with Gasteiger partial charge in [0.25, 0.3) is 0 Å². The summed E-state index contributed by atoms with van der Waals surface area (Å²) in [6.07, 6.45) is 1.74. The fourth-order valence-electron chi connectivity index (χ4n) is 0.565. The second-order valence-corrected chi connectivity index (χ2v) is 2.82. The normalized spacial score (nSPS) is 9.56. The lowest BCUT2D eigenvalue weighted by molar-refractivity contribution is 0.745. The highest BCUT2D eigenvalue weighted by atomic mass is 127. The van der Waals surface area contributed by atoms with Crippen molar-refractivity contribution in [2.45, 2.75) is 0 Å². The summed E-state index contributed by atoms with van der Waals surface area (Å²) >= 11 is 2.22. The first-order valence-electron chi connectivity index (χ1n) is 2.56. The number of hydrogen-bond donors (Lipinski definition) is 0. The SMILES string of the molecule is C=Cc1cc(I)n(C)n1. The molecule has 0 atom stereocenters. The van der Waals surface area contributed by atoms with Crippen LogP contribution in [0.25, 0.3) is 6.08 Å². The van der Waals surface area contributed by atoms with E-state index < -0.39 is 0 Å². The van der Waals surface area contributed by atoms with Crippen LogP contribution in [0, 0.1) is 3.70 Å². The number of nitrogens with zero attached hydrogens (tertiary/aromatic N) is 2. The third kappa shape index (κ3) is 1.32. The number of hydrogen-bond acceptors (Lipinski definition) is 1. The molecule has 1 rings (SSSR count). The quantitative estimate of drug-likeness (QED) is 0.676. The van der Waals surface area contributed by atoms with Gasteiger partial charge in [0, 0.05) is 7.05 Å². The standard InChI is InChI=1S/C6H7IN2/c1-3-5-4-6(7)9(2)8-5/h3-4H,1H2,2H3. The molecule has 0 amide bonds. The Kier molecular flexibility index (Phi) is 1.90. The van der Waals surface area contributed by atoms with E-state index in [0.29, 0.717) is 0 Å². The number of rotatable bonds is 1. The molecule has 0 saturated heterocycles. The van der Waals surface area contributed by atoms with Gasteiger partial charge >= 0.3 is 0 Å². The van der Waals surface area contributed by atoms with Crippen LogP contribution in [-0.4, -0.2) is 9.78 Å². The van der Waals surface area contributed by atoms with E-state index in [2.05, 4.69) is 34.3 Å². The summed E-state index contributed by atoms with van der Waals surface area (Å²) in [5, 5.41) is 4.12. The molecule has 3 heteroatoms. The lowest BCUT2D eigenvalue weighted by atomic mass is 10.4. The number of halogens is 1. The van der Waals surface area contributed by atoms with Gasteiger partial charge in [-0.1, -0.05) is 6.58 Å². The van der Waals surface area contributed by atoms with Crippen molar-refractivity contribution in [3.05, 3.63) is 22.0 Å². The zero-order valence-corrected chi connectivity index (χ0v) is 7.29. The van der Waals surface area contributed by atoms with Gasteiger partial charge in [-0.15, -0.1) is 0 Å². The first-order chi connectivity index (χ1) is 4.24. The summed E-state index contributed by atoms with van der Waals surface area (Å²) in [5.74, 6) is 0. The summed E-state index contributed by atoms with van der Waals surface area (Å²) in [4.78, 5) is 0. The van der Waals surface area contributed by atoms with Gasteiger partial charge in [-0.25, -0.2) is 0 Å². The molecule has 2 nitrogen and oxygen atoms in total. The van der Waals surface area contributed by atoms with Crippen molar-refractivity contribution in [2.24, 2.45) is 7.05 Å². The fraction of sp³-hybridized carbons (Fsp3) is 0.167. The molecule has 0 N–H and O–H groups in total. The van der Waals surface area contributed by atoms with E-state index in [1.807, 2.05) is 17.8 Å². The van der Waals surface area contributed by atoms with Gasteiger partial charge in [-0.2, -0.15) is 5.10 Å². The summed E-state index contributed by atoms with van der Waals surface area (Å²) < 4.78 is 2.94. The molecule has 1 aromatic heterocycles. The highest BCUT2D eigenvalue weighted by Crippen LogP contribution is 2.05. The van der Waals surface area contributed by atoms with Crippen LogP contribution in [0.5, 0.6) is 0 Å². The van der Waals surface area contributed by atoms with E-state index in [1.165, 1.54) is 0 Å². The summed E-state index contributed by atoms with van der Waals surface area (Å²) in [7, 11) is 1.91. The van der Waals surface area contributed by atoms with Gasteiger partial charge in [0.1, 0.15) is 0 Å². The Morgan fingerprint density at radius 3 is 2.78 bits per heavy atom. The molecule has 1 aromatic rings. The van der Waals surface area contributed by atoms with Crippen LogP contribution in [0.4, 0.5) is 0 Å². The summed E-state index contributed by atoms with van der Waals surface area (Å²) in [6.45, 7) is 3.61. The molecule has 9 heavy (non-hydrogen) atoms. The monoisotopic (exact) mass is 234 g/mol. The smallest absolute Gasteiger partial charge is 0.0992 e. The van der Waals surface area contributed by atoms with Crippen molar-refractivity contribution >= 4 is 28.7 Å². The van der Waals surface area contributed by atoms with E-state index in [-0.39, 0.29) is 0 Å². The fourth-order valence-corrected chi connectivity index (χ4v) is 0.992. The molecule has 0 bridgehead atoms. The molecule has 0 radical (unpaired) electrons. The molecular formula is C6H7IN2. The van der Waals surface area contributed by atoms with Gasteiger partial charge in [-0.05, 0) is 34.7 Å². The molecule has 48 valence electrons. The summed E-state index contributed by atoms with van der Waals surface area (Å²) in [5.41, 5.74) is 0.932. The predicted molar refractivity (Wildman–Crippen MR) is 46.0 cm³/mol. The molecule has 0 aromatic carbocycles. The Morgan fingerprint density at radius 1 is 1.89 bits per heavy atom. The molecule has 0 aliphatic heterocycles. The average Bonchev–Trinajstić information content (AvgIpc) is 2.13. The Labute approximate surface area is 67.7 Å². The third-order valence-electron chi connectivity index (χ3n) is 1.05. The first-order valence-corrected chi connectivity index (χ1v) is 3.64. The zero-order chi connectivity index (χ0) is 6.85. The van der Waals surface area contributed by atoms with Gasteiger partial charge in [0.15, 0.2) is 0 Å². The number of aromatic nitrogens is 2. The lowest BCUT2D eigenvalue weighted by Gasteiger charge is -1.85. The van der Waals surface area contributed by atoms with Gasteiger partial charge in [-0.3, -0.25) is 4.68 Å².